The van der Waals surface area contributed by atoms with Gasteiger partial charge in [0.2, 0.25) is 0 Å². The Labute approximate surface area is 71.4 Å². The van der Waals surface area contributed by atoms with Crippen LogP contribution < -0.4 is 0 Å². The van der Waals surface area contributed by atoms with Crippen LogP contribution in [0.15, 0.2) is 0 Å². The summed E-state index contributed by atoms with van der Waals surface area (Å²) in [7, 11) is 0. The molecule has 0 atom stereocenters. The molecular weight excluding hydrogens is 246 g/mol. The molecule has 0 saturated carbocycles. The monoisotopic (exact) mass is 254 g/mol. The summed E-state index contributed by atoms with van der Waals surface area (Å²) in [4.78, 5) is 9.00. The van der Waals surface area contributed by atoms with Crippen LogP contribution in [0, 0.1) is 0 Å². The first-order valence-electron chi connectivity index (χ1n) is 0.928. The molecule has 7 heavy (non-hydrogen) atoms. The molecule has 0 heterocycles. The molecule has 2 nitrogen and oxygen atoms in total. The molecule has 0 aromatic carbocycles. The molecular formula is C2H8Cl2O2Sn. The Morgan fingerprint density at radius 2 is 1.43 bits per heavy atom. The second-order valence-electron chi connectivity index (χ2n) is 0.519. The van der Waals surface area contributed by atoms with Gasteiger partial charge in [0.25, 0.3) is 5.97 Å². The molecule has 2 radical (unpaired) electrons. The van der Waals surface area contributed by atoms with Gasteiger partial charge in [0.05, 0.1) is 0 Å². The number of carboxylic acids is 1. The topological polar surface area (TPSA) is 37.3 Å². The second kappa shape index (κ2) is 15.8. The van der Waals surface area contributed by atoms with Crippen molar-refractivity contribution in [3.05, 3.63) is 0 Å². The summed E-state index contributed by atoms with van der Waals surface area (Å²) in [6.45, 7) is 1.08. The minimum absolute atomic E-state index is 0. The first-order valence-corrected chi connectivity index (χ1v) is 0.928. The van der Waals surface area contributed by atoms with E-state index in [9.17, 15) is 0 Å². The molecule has 0 aromatic rings. The Morgan fingerprint density at radius 1 is 1.43 bits per heavy atom. The zero-order valence-corrected chi connectivity index (χ0v) is 9.55. The molecule has 0 aromatic heterocycles. The van der Waals surface area contributed by atoms with E-state index >= 15 is 0 Å². The van der Waals surface area contributed by atoms with E-state index in [2.05, 4.69) is 0 Å². The summed E-state index contributed by atoms with van der Waals surface area (Å²) < 4.78 is 0. The van der Waals surface area contributed by atoms with Crippen molar-refractivity contribution >= 4 is 54.7 Å². The maximum absolute atomic E-state index is 9.00. The van der Waals surface area contributed by atoms with Crippen molar-refractivity contribution in [2.45, 2.75) is 6.92 Å². The minimum atomic E-state index is -0.833. The van der Waals surface area contributed by atoms with Crippen LogP contribution in [-0.4, -0.2) is 35.0 Å². The first kappa shape index (κ1) is 24.9. The molecule has 46 valence electrons. The van der Waals surface area contributed by atoms with Crippen molar-refractivity contribution < 1.29 is 9.90 Å². The summed E-state index contributed by atoms with van der Waals surface area (Å²) in [6.07, 6.45) is 0. The third kappa shape index (κ3) is 224. The van der Waals surface area contributed by atoms with E-state index in [1.54, 1.807) is 0 Å². The fraction of sp³-hybridized carbons (Fsp3) is 0.500. The SMILES string of the molecule is CC(=O)O.Cl.Cl.[SnH2]. The maximum atomic E-state index is 9.00. The Balaban J connectivity index is -0.0000000150. The summed E-state index contributed by atoms with van der Waals surface area (Å²) in [5.41, 5.74) is 0. The van der Waals surface area contributed by atoms with Crippen molar-refractivity contribution in [1.82, 2.24) is 0 Å². The third-order valence-corrected chi connectivity index (χ3v) is 0. The number of rotatable bonds is 0. The molecule has 0 rings (SSSR count). The number of hydrogen-bond acceptors (Lipinski definition) is 1. The third-order valence-electron chi connectivity index (χ3n) is 0. The van der Waals surface area contributed by atoms with Gasteiger partial charge in [0, 0.05) is 6.92 Å². The Hall–Kier alpha value is 0.849. The van der Waals surface area contributed by atoms with E-state index in [4.69, 9.17) is 9.90 Å². The summed E-state index contributed by atoms with van der Waals surface area (Å²) in [5, 5.41) is 7.42. The average molecular weight is 254 g/mol. The molecule has 0 saturated heterocycles. The molecule has 1 N–H and O–H groups in total. The molecule has 0 amide bonds. The fourth-order valence-corrected chi connectivity index (χ4v) is 0. The van der Waals surface area contributed by atoms with Crippen LogP contribution in [0.4, 0.5) is 0 Å². The summed E-state index contributed by atoms with van der Waals surface area (Å²) in [5.74, 6) is -0.833. The fourth-order valence-electron chi connectivity index (χ4n) is 0. The van der Waals surface area contributed by atoms with Gasteiger partial charge in [-0.05, 0) is 0 Å². The molecule has 0 aliphatic rings. The first-order chi connectivity index (χ1) is 1.73. The zero-order chi connectivity index (χ0) is 3.58. The van der Waals surface area contributed by atoms with Gasteiger partial charge in [-0.3, -0.25) is 4.79 Å². The van der Waals surface area contributed by atoms with Gasteiger partial charge in [0.15, 0.2) is 0 Å². The quantitative estimate of drug-likeness (QED) is 0.618. The van der Waals surface area contributed by atoms with Gasteiger partial charge in [-0.25, -0.2) is 0 Å². The zero-order valence-electron chi connectivity index (χ0n) is 3.88. The van der Waals surface area contributed by atoms with Crippen LogP contribution in [0.2, 0.25) is 0 Å². The molecule has 0 fully saturated rings. The number of carboxylic acid groups (broad SMARTS) is 1. The molecule has 0 aliphatic heterocycles. The number of aliphatic carboxylic acids is 1. The van der Waals surface area contributed by atoms with E-state index in [-0.39, 0.29) is 48.7 Å². The van der Waals surface area contributed by atoms with Crippen molar-refractivity contribution in [1.29, 1.82) is 0 Å². The number of halogens is 2. The van der Waals surface area contributed by atoms with Gasteiger partial charge in [-0.15, -0.1) is 24.8 Å². The van der Waals surface area contributed by atoms with Crippen LogP contribution in [0.5, 0.6) is 0 Å². The van der Waals surface area contributed by atoms with Gasteiger partial charge < -0.3 is 5.11 Å². The van der Waals surface area contributed by atoms with Crippen molar-refractivity contribution in [2.24, 2.45) is 0 Å². The molecule has 0 aliphatic carbocycles. The van der Waals surface area contributed by atoms with Gasteiger partial charge in [0.1, 0.15) is 0 Å². The van der Waals surface area contributed by atoms with Crippen LogP contribution in [-0.2, 0) is 4.79 Å². The van der Waals surface area contributed by atoms with Gasteiger partial charge in [-0.2, -0.15) is 0 Å². The van der Waals surface area contributed by atoms with E-state index < -0.39 is 5.97 Å². The number of carbonyl (C=O) groups is 1. The Bertz CT molecular complexity index is 36.7. The molecule has 0 unspecified atom stereocenters. The van der Waals surface area contributed by atoms with Crippen LogP contribution in [0.25, 0.3) is 0 Å². The standard InChI is InChI=1S/C2H4O2.2ClH.Sn.2H/c1-2(3)4;;;;;/h1H3,(H,3,4);2*1H;;;. The van der Waals surface area contributed by atoms with Crippen LogP contribution in [0.1, 0.15) is 6.92 Å². The molecule has 0 spiro atoms. The Kier molecular flexibility index (Phi) is 56.2. The van der Waals surface area contributed by atoms with E-state index in [1.807, 2.05) is 0 Å². The van der Waals surface area contributed by atoms with Gasteiger partial charge in [-0.1, -0.05) is 0 Å². The normalized spacial score (nSPS) is 3.57. The number of hydrogen-bond donors (Lipinski definition) is 1. The Morgan fingerprint density at radius 3 is 1.43 bits per heavy atom. The van der Waals surface area contributed by atoms with Crippen LogP contribution >= 0.6 is 24.8 Å². The second-order valence-corrected chi connectivity index (χ2v) is 0.519. The summed E-state index contributed by atoms with van der Waals surface area (Å²) in [6, 6.07) is 0. The van der Waals surface area contributed by atoms with E-state index in [0.29, 0.717) is 0 Å². The van der Waals surface area contributed by atoms with Crippen molar-refractivity contribution in [3.8, 4) is 0 Å². The summed E-state index contributed by atoms with van der Waals surface area (Å²) >= 11 is 0. The van der Waals surface area contributed by atoms with Crippen molar-refractivity contribution in [3.63, 3.8) is 0 Å². The van der Waals surface area contributed by atoms with E-state index in [0.717, 1.165) is 6.92 Å². The average Bonchev–Trinajstić information content (AvgIpc) is 0.811. The van der Waals surface area contributed by atoms with Gasteiger partial charge >= 0.3 is 23.9 Å². The van der Waals surface area contributed by atoms with Crippen LogP contribution in [0.3, 0.4) is 0 Å². The van der Waals surface area contributed by atoms with Crippen molar-refractivity contribution in [2.75, 3.05) is 0 Å². The predicted molar refractivity (Wildman–Crippen MR) is 36.3 cm³/mol. The molecule has 0 bridgehead atoms. The predicted octanol–water partition coefficient (Wildman–Crippen LogP) is 0.0183. The van der Waals surface area contributed by atoms with E-state index in [1.165, 1.54) is 0 Å². The molecule has 5 heteroatoms.